The molecule has 0 bridgehead atoms. The van der Waals surface area contributed by atoms with Gasteiger partial charge in [-0.05, 0) is 48.7 Å². The molecule has 0 spiro atoms. The van der Waals surface area contributed by atoms with Crippen LogP contribution < -0.4 is 4.74 Å². The van der Waals surface area contributed by atoms with E-state index in [0.717, 1.165) is 21.6 Å². The molecule has 108 valence electrons. The van der Waals surface area contributed by atoms with Crippen LogP contribution in [0.5, 0.6) is 5.75 Å². The molecule has 0 aromatic heterocycles. The van der Waals surface area contributed by atoms with Crippen molar-refractivity contribution >= 4 is 10.8 Å². The second-order valence-electron chi connectivity index (χ2n) is 4.91. The van der Waals surface area contributed by atoms with Crippen LogP contribution in [-0.2, 0) is 16.6 Å². The monoisotopic (exact) mass is 299 g/mol. The van der Waals surface area contributed by atoms with E-state index in [4.69, 9.17) is 10.00 Å². The molecule has 1 unspecified atom stereocenters. The van der Waals surface area contributed by atoms with Crippen LogP contribution in [-0.4, -0.2) is 11.3 Å². The highest BCUT2D eigenvalue weighted by atomic mass is 32.2. The Morgan fingerprint density at radius 2 is 1.95 bits per heavy atom. The van der Waals surface area contributed by atoms with E-state index in [1.807, 2.05) is 38.1 Å². The summed E-state index contributed by atoms with van der Waals surface area (Å²) < 4.78 is 17.7. The Labute approximate surface area is 127 Å². The molecule has 0 aliphatic rings. The normalized spacial score (nSPS) is 11.7. The highest BCUT2D eigenvalue weighted by molar-refractivity contribution is 7.84. The number of hydrogen-bond donors (Lipinski definition) is 0. The van der Waals surface area contributed by atoms with Crippen LogP contribution in [0.1, 0.15) is 22.3 Å². The summed E-state index contributed by atoms with van der Waals surface area (Å²) in [6.45, 7) is 3.96. The van der Waals surface area contributed by atoms with Crippen molar-refractivity contribution < 1.29 is 8.95 Å². The second kappa shape index (κ2) is 6.55. The molecule has 0 fully saturated rings. The average molecular weight is 299 g/mol. The van der Waals surface area contributed by atoms with E-state index in [9.17, 15) is 4.21 Å². The number of nitriles is 1. The minimum Gasteiger partial charge on any atom is -0.495 e. The van der Waals surface area contributed by atoms with Gasteiger partial charge in [0.1, 0.15) is 11.8 Å². The Kier molecular flexibility index (Phi) is 4.77. The molecule has 2 rings (SSSR count). The summed E-state index contributed by atoms with van der Waals surface area (Å²) >= 11 is 0. The van der Waals surface area contributed by atoms with Gasteiger partial charge in [-0.3, -0.25) is 4.21 Å². The van der Waals surface area contributed by atoms with Crippen LogP contribution in [0.2, 0.25) is 0 Å². The SMILES string of the molecule is COc1cc(CS(=O)c2cc(C)ccc2C)ccc1C#N. The Bertz CT molecular complexity index is 732. The van der Waals surface area contributed by atoms with Gasteiger partial charge in [0.25, 0.3) is 0 Å². The van der Waals surface area contributed by atoms with E-state index in [0.29, 0.717) is 17.1 Å². The van der Waals surface area contributed by atoms with Crippen LogP contribution in [0.25, 0.3) is 0 Å². The third kappa shape index (κ3) is 3.50. The van der Waals surface area contributed by atoms with Gasteiger partial charge in [-0.2, -0.15) is 5.26 Å². The van der Waals surface area contributed by atoms with Gasteiger partial charge in [0.2, 0.25) is 0 Å². The number of rotatable bonds is 4. The van der Waals surface area contributed by atoms with E-state index in [1.165, 1.54) is 7.11 Å². The molecule has 2 aromatic carbocycles. The lowest BCUT2D eigenvalue weighted by Gasteiger charge is -2.09. The van der Waals surface area contributed by atoms with Gasteiger partial charge >= 0.3 is 0 Å². The van der Waals surface area contributed by atoms with Crippen molar-refractivity contribution in [1.82, 2.24) is 0 Å². The Morgan fingerprint density at radius 1 is 1.19 bits per heavy atom. The molecule has 0 aliphatic heterocycles. The Hall–Kier alpha value is -2.12. The summed E-state index contributed by atoms with van der Waals surface area (Å²) in [5, 5.41) is 8.98. The minimum absolute atomic E-state index is 0.409. The van der Waals surface area contributed by atoms with Crippen molar-refractivity contribution in [2.45, 2.75) is 24.5 Å². The van der Waals surface area contributed by atoms with Crippen LogP contribution in [0, 0.1) is 25.2 Å². The number of nitrogens with zero attached hydrogens (tertiary/aromatic N) is 1. The molecule has 1 atom stereocenters. The van der Waals surface area contributed by atoms with Crippen molar-refractivity contribution in [3.8, 4) is 11.8 Å². The number of aryl methyl sites for hydroxylation is 2. The highest BCUT2D eigenvalue weighted by Gasteiger charge is 2.11. The van der Waals surface area contributed by atoms with Crippen molar-refractivity contribution in [1.29, 1.82) is 5.26 Å². The lowest BCUT2D eigenvalue weighted by atomic mass is 10.1. The van der Waals surface area contributed by atoms with E-state index in [1.54, 1.807) is 12.1 Å². The highest BCUT2D eigenvalue weighted by Crippen LogP contribution is 2.23. The predicted octanol–water partition coefficient (Wildman–Crippen LogP) is 3.49. The van der Waals surface area contributed by atoms with Crippen LogP contribution in [0.15, 0.2) is 41.3 Å². The van der Waals surface area contributed by atoms with Crippen molar-refractivity contribution in [2.24, 2.45) is 0 Å². The largest absolute Gasteiger partial charge is 0.495 e. The van der Waals surface area contributed by atoms with Crippen molar-refractivity contribution in [3.63, 3.8) is 0 Å². The maximum absolute atomic E-state index is 12.5. The first-order valence-electron chi connectivity index (χ1n) is 6.58. The van der Waals surface area contributed by atoms with Gasteiger partial charge in [0.05, 0.1) is 29.2 Å². The third-order valence-corrected chi connectivity index (χ3v) is 4.80. The summed E-state index contributed by atoms with van der Waals surface area (Å²) in [6.07, 6.45) is 0. The topological polar surface area (TPSA) is 50.1 Å². The minimum atomic E-state index is -1.11. The van der Waals surface area contributed by atoms with Gasteiger partial charge in [-0.25, -0.2) is 0 Å². The number of ether oxygens (including phenoxy) is 1. The summed E-state index contributed by atoms with van der Waals surface area (Å²) in [7, 11) is 0.416. The fraction of sp³-hybridized carbons (Fsp3) is 0.235. The van der Waals surface area contributed by atoms with E-state index in [-0.39, 0.29) is 0 Å². The summed E-state index contributed by atoms with van der Waals surface area (Å²) in [5.41, 5.74) is 3.50. The summed E-state index contributed by atoms with van der Waals surface area (Å²) in [5.74, 6) is 0.930. The predicted molar refractivity (Wildman–Crippen MR) is 83.7 cm³/mol. The van der Waals surface area contributed by atoms with Crippen LogP contribution in [0.3, 0.4) is 0 Å². The number of methoxy groups -OCH3 is 1. The molecule has 0 saturated heterocycles. The van der Waals surface area contributed by atoms with Gasteiger partial charge in [0.15, 0.2) is 0 Å². The van der Waals surface area contributed by atoms with Gasteiger partial charge < -0.3 is 4.74 Å². The molecule has 4 heteroatoms. The zero-order valence-corrected chi connectivity index (χ0v) is 13.2. The summed E-state index contributed by atoms with van der Waals surface area (Å²) in [4.78, 5) is 0.860. The van der Waals surface area contributed by atoms with E-state index < -0.39 is 10.8 Å². The molecule has 0 amide bonds. The van der Waals surface area contributed by atoms with E-state index in [2.05, 4.69) is 6.07 Å². The molecule has 0 radical (unpaired) electrons. The van der Waals surface area contributed by atoms with Crippen molar-refractivity contribution in [3.05, 3.63) is 58.7 Å². The maximum Gasteiger partial charge on any atom is 0.136 e. The molecule has 3 nitrogen and oxygen atoms in total. The molecule has 0 aliphatic carbocycles. The number of hydrogen-bond acceptors (Lipinski definition) is 3. The Balaban J connectivity index is 2.28. The summed E-state index contributed by atoms with van der Waals surface area (Å²) in [6, 6.07) is 13.3. The zero-order valence-electron chi connectivity index (χ0n) is 12.3. The molecular weight excluding hydrogens is 282 g/mol. The van der Waals surface area contributed by atoms with Crippen LogP contribution >= 0.6 is 0 Å². The molecule has 0 saturated carbocycles. The van der Waals surface area contributed by atoms with Crippen molar-refractivity contribution in [2.75, 3.05) is 7.11 Å². The standard InChI is InChI=1S/C17H17NO2S/c1-12-4-5-13(2)17(8-12)21(19)11-14-6-7-15(10-18)16(9-14)20-3/h4-9H,11H2,1-3H3. The van der Waals surface area contributed by atoms with Gasteiger partial charge in [-0.15, -0.1) is 0 Å². The first-order chi connectivity index (χ1) is 10.0. The Morgan fingerprint density at radius 3 is 2.62 bits per heavy atom. The molecule has 0 heterocycles. The molecular formula is C17H17NO2S. The average Bonchev–Trinajstić information content (AvgIpc) is 2.49. The third-order valence-electron chi connectivity index (χ3n) is 3.27. The molecule has 21 heavy (non-hydrogen) atoms. The zero-order chi connectivity index (χ0) is 15.4. The molecule has 2 aromatic rings. The fourth-order valence-corrected chi connectivity index (χ4v) is 3.48. The quantitative estimate of drug-likeness (QED) is 0.868. The van der Waals surface area contributed by atoms with Gasteiger partial charge in [-0.1, -0.05) is 18.2 Å². The molecule has 0 N–H and O–H groups in total. The number of benzene rings is 2. The van der Waals surface area contributed by atoms with E-state index >= 15 is 0 Å². The first-order valence-corrected chi connectivity index (χ1v) is 7.89. The fourth-order valence-electron chi connectivity index (χ4n) is 2.10. The van der Waals surface area contributed by atoms with Gasteiger partial charge in [0, 0.05) is 4.90 Å². The first kappa shape index (κ1) is 15.3. The second-order valence-corrected chi connectivity index (χ2v) is 6.32. The maximum atomic E-state index is 12.5. The smallest absolute Gasteiger partial charge is 0.136 e. The lowest BCUT2D eigenvalue weighted by molar-refractivity contribution is 0.413. The lowest BCUT2D eigenvalue weighted by Crippen LogP contribution is -2.00. The van der Waals surface area contributed by atoms with Crippen LogP contribution in [0.4, 0.5) is 0 Å².